The van der Waals surface area contributed by atoms with Crippen LogP contribution in [-0.2, 0) is 0 Å². The minimum atomic E-state index is -0.503. The molecular weight excluding hydrogens is 413 g/mol. The summed E-state index contributed by atoms with van der Waals surface area (Å²) in [6.45, 7) is 5.42. The van der Waals surface area contributed by atoms with Gasteiger partial charge in [0.1, 0.15) is 0 Å². The summed E-state index contributed by atoms with van der Waals surface area (Å²) in [5.41, 5.74) is 1.93. The van der Waals surface area contributed by atoms with Gasteiger partial charge < -0.3 is 10.6 Å². The normalized spacial score (nSPS) is 10.8. The quantitative estimate of drug-likeness (QED) is 0.630. The van der Waals surface area contributed by atoms with Gasteiger partial charge in [0.25, 0.3) is 11.8 Å². The molecule has 0 aliphatic rings. The van der Waals surface area contributed by atoms with Crippen molar-refractivity contribution in [1.82, 2.24) is 20.3 Å². The number of amides is 2. The van der Waals surface area contributed by atoms with E-state index in [1.165, 1.54) is 10.7 Å². The molecule has 3 rings (SSSR count). The topological polar surface area (TPSA) is 88.9 Å². The van der Waals surface area contributed by atoms with E-state index in [0.717, 1.165) is 0 Å². The van der Waals surface area contributed by atoms with E-state index in [1.807, 2.05) is 13.8 Å². The van der Waals surface area contributed by atoms with Gasteiger partial charge in [-0.25, -0.2) is 4.68 Å². The maximum absolute atomic E-state index is 12.8. The number of aromatic nitrogens is 3. The molecule has 0 saturated carbocycles. The number of carbonyl (C=O) groups is 2. The lowest BCUT2D eigenvalue weighted by molar-refractivity contribution is 0.0944. The molecule has 9 heteroatoms. The number of anilines is 1. The van der Waals surface area contributed by atoms with E-state index in [2.05, 4.69) is 20.9 Å². The predicted molar refractivity (Wildman–Crippen MR) is 113 cm³/mol. The molecule has 150 valence electrons. The standard InChI is InChI=1S/C20H19Cl2N5O2/c1-11(2)23-19(28)16-8-7-14(22)10-17(16)24-20(29)18-12(3)27(26-25-18)15-6-4-5-13(21)9-15/h4-11H,1-3H3,(H,23,28)(H,24,29). The summed E-state index contributed by atoms with van der Waals surface area (Å²) in [4.78, 5) is 25.3. The van der Waals surface area contributed by atoms with Crippen LogP contribution in [0.4, 0.5) is 5.69 Å². The van der Waals surface area contributed by atoms with E-state index >= 15 is 0 Å². The monoisotopic (exact) mass is 431 g/mol. The van der Waals surface area contributed by atoms with Crippen LogP contribution in [0.5, 0.6) is 0 Å². The van der Waals surface area contributed by atoms with Crippen molar-refractivity contribution in [2.75, 3.05) is 5.32 Å². The highest BCUT2D eigenvalue weighted by atomic mass is 35.5. The van der Waals surface area contributed by atoms with Crippen LogP contribution in [0.25, 0.3) is 5.69 Å². The van der Waals surface area contributed by atoms with Gasteiger partial charge in [-0.15, -0.1) is 5.10 Å². The number of carbonyl (C=O) groups excluding carboxylic acids is 2. The molecule has 0 fully saturated rings. The van der Waals surface area contributed by atoms with Crippen LogP contribution in [0.3, 0.4) is 0 Å². The van der Waals surface area contributed by atoms with E-state index < -0.39 is 5.91 Å². The highest BCUT2D eigenvalue weighted by molar-refractivity contribution is 6.31. The van der Waals surface area contributed by atoms with Crippen molar-refractivity contribution < 1.29 is 9.59 Å². The van der Waals surface area contributed by atoms with E-state index in [0.29, 0.717) is 27.0 Å². The number of hydrogen-bond acceptors (Lipinski definition) is 4. The number of halogens is 2. The Kier molecular flexibility index (Phi) is 6.20. The van der Waals surface area contributed by atoms with Crippen molar-refractivity contribution in [3.63, 3.8) is 0 Å². The summed E-state index contributed by atoms with van der Waals surface area (Å²) >= 11 is 12.1. The molecule has 0 saturated heterocycles. The summed E-state index contributed by atoms with van der Waals surface area (Å²) in [5, 5.41) is 14.5. The first-order valence-electron chi connectivity index (χ1n) is 8.86. The van der Waals surface area contributed by atoms with Crippen LogP contribution in [-0.4, -0.2) is 32.9 Å². The third-order valence-corrected chi connectivity index (χ3v) is 4.53. The molecule has 0 bridgehead atoms. The van der Waals surface area contributed by atoms with E-state index in [4.69, 9.17) is 23.2 Å². The zero-order chi connectivity index (χ0) is 21.1. The molecule has 0 aliphatic heterocycles. The van der Waals surface area contributed by atoms with Crippen molar-refractivity contribution in [1.29, 1.82) is 0 Å². The highest BCUT2D eigenvalue weighted by Crippen LogP contribution is 2.23. The average molecular weight is 432 g/mol. The Hall–Kier alpha value is -2.90. The van der Waals surface area contributed by atoms with Crippen LogP contribution < -0.4 is 10.6 Å². The van der Waals surface area contributed by atoms with Crippen molar-refractivity contribution in [2.24, 2.45) is 0 Å². The summed E-state index contributed by atoms with van der Waals surface area (Å²) in [7, 11) is 0. The molecule has 3 aromatic rings. The van der Waals surface area contributed by atoms with Crippen LogP contribution in [0.2, 0.25) is 10.0 Å². The molecule has 2 N–H and O–H groups in total. The summed E-state index contributed by atoms with van der Waals surface area (Å²) in [6, 6.07) is 11.7. The number of rotatable bonds is 5. The maximum atomic E-state index is 12.8. The number of benzene rings is 2. The first kappa shape index (κ1) is 20.8. The zero-order valence-electron chi connectivity index (χ0n) is 16.0. The second-order valence-electron chi connectivity index (χ2n) is 6.69. The molecule has 2 aromatic carbocycles. The van der Waals surface area contributed by atoms with Gasteiger partial charge in [0.05, 0.1) is 22.6 Å². The lowest BCUT2D eigenvalue weighted by atomic mass is 10.1. The summed E-state index contributed by atoms with van der Waals surface area (Å²) < 4.78 is 1.52. The SMILES string of the molecule is Cc1c(C(=O)Nc2cc(Cl)ccc2C(=O)NC(C)C)nnn1-c1cccc(Cl)c1. The number of hydrogen-bond donors (Lipinski definition) is 2. The summed E-state index contributed by atoms with van der Waals surface area (Å²) in [6.07, 6.45) is 0. The van der Waals surface area contributed by atoms with Gasteiger partial charge in [0.2, 0.25) is 0 Å². The van der Waals surface area contributed by atoms with E-state index in [9.17, 15) is 9.59 Å². The molecule has 0 spiro atoms. The molecule has 0 aliphatic carbocycles. The van der Waals surface area contributed by atoms with Crippen LogP contribution >= 0.6 is 23.2 Å². The minimum Gasteiger partial charge on any atom is -0.350 e. The second-order valence-corrected chi connectivity index (χ2v) is 7.56. The van der Waals surface area contributed by atoms with Gasteiger partial charge in [0, 0.05) is 16.1 Å². The first-order valence-corrected chi connectivity index (χ1v) is 9.62. The van der Waals surface area contributed by atoms with Crippen molar-refractivity contribution in [2.45, 2.75) is 26.8 Å². The smallest absolute Gasteiger partial charge is 0.278 e. The third-order valence-electron chi connectivity index (χ3n) is 4.06. The van der Waals surface area contributed by atoms with Gasteiger partial charge in [-0.1, -0.05) is 34.5 Å². The molecule has 1 aromatic heterocycles. The van der Waals surface area contributed by atoms with Crippen LogP contribution in [0.1, 0.15) is 40.4 Å². The van der Waals surface area contributed by atoms with Gasteiger partial charge in [-0.2, -0.15) is 0 Å². The maximum Gasteiger partial charge on any atom is 0.278 e. The molecule has 0 atom stereocenters. The molecule has 1 heterocycles. The van der Waals surface area contributed by atoms with Gasteiger partial charge in [-0.3, -0.25) is 9.59 Å². The molecule has 7 nitrogen and oxygen atoms in total. The molecule has 29 heavy (non-hydrogen) atoms. The summed E-state index contributed by atoms with van der Waals surface area (Å²) in [5.74, 6) is -0.817. The largest absolute Gasteiger partial charge is 0.350 e. The lowest BCUT2D eigenvalue weighted by Gasteiger charge is -2.13. The van der Waals surface area contributed by atoms with Crippen molar-refractivity contribution in [3.8, 4) is 5.69 Å². The van der Waals surface area contributed by atoms with Gasteiger partial charge in [-0.05, 0) is 57.2 Å². The molecule has 0 unspecified atom stereocenters. The van der Waals surface area contributed by atoms with E-state index in [-0.39, 0.29) is 23.3 Å². The Morgan fingerprint density at radius 3 is 2.45 bits per heavy atom. The zero-order valence-corrected chi connectivity index (χ0v) is 17.5. The second kappa shape index (κ2) is 8.63. The third kappa shape index (κ3) is 4.75. The Balaban J connectivity index is 1.90. The number of nitrogens with zero attached hydrogens (tertiary/aromatic N) is 3. The Bertz CT molecular complexity index is 1080. The van der Waals surface area contributed by atoms with Crippen LogP contribution in [0, 0.1) is 6.92 Å². The molecular formula is C20H19Cl2N5O2. The lowest BCUT2D eigenvalue weighted by Crippen LogP contribution is -2.31. The van der Waals surface area contributed by atoms with Crippen LogP contribution in [0.15, 0.2) is 42.5 Å². The van der Waals surface area contributed by atoms with Gasteiger partial charge in [0.15, 0.2) is 5.69 Å². The molecule has 0 radical (unpaired) electrons. The Morgan fingerprint density at radius 2 is 1.76 bits per heavy atom. The first-order chi connectivity index (χ1) is 13.8. The van der Waals surface area contributed by atoms with E-state index in [1.54, 1.807) is 43.3 Å². The number of nitrogens with one attached hydrogen (secondary N) is 2. The fraction of sp³-hybridized carbons (Fsp3) is 0.200. The Morgan fingerprint density at radius 1 is 1.03 bits per heavy atom. The molecule has 2 amide bonds. The van der Waals surface area contributed by atoms with Gasteiger partial charge >= 0.3 is 0 Å². The predicted octanol–water partition coefficient (Wildman–Crippen LogP) is 4.27. The van der Waals surface area contributed by atoms with Crippen molar-refractivity contribution in [3.05, 3.63) is 69.5 Å². The Labute approximate surface area is 178 Å². The highest BCUT2D eigenvalue weighted by Gasteiger charge is 2.20. The van der Waals surface area contributed by atoms with Crippen molar-refractivity contribution >= 4 is 40.7 Å². The fourth-order valence-electron chi connectivity index (χ4n) is 2.73. The minimum absolute atomic E-state index is 0.0541. The average Bonchev–Trinajstić information content (AvgIpc) is 3.02. The fourth-order valence-corrected chi connectivity index (χ4v) is 3.09.